The van der Waals surface area contributed by atoms with Crippen molar-refractivity contribution < 1.29 is 23.9 Å². The second-order valence-corrected chi connectivity index (χ2v) is 4.87. The van der Waals surface area contributed by atoms with Gasteiger partial charge >= 0.3 is 12.0 Å². The molecule has 126 valence electrons. The molecular formula is C16H22N2O5. The van der Waals surface area contributed by atoms with Crippen LogP contribution >= 0.6 is 0 Å². The number of nitrogens with one attached hydrogen (secondary N) is 2. The molecule has 1 rings (SSSR count). The second-order valence-electron chi connectivity index (χ2n) is 4.87. The number of ether oxygens (including phenoxy) is 2. The van der Waals surface area contributed by atoms with E-state index in [0.717, 1.165) is 18.4 Å². The fourth-order valence-electron chi connectivity index (χ4n) is 1.75. The van der Waals surface area contributed by atoms with Crippen molar-refractivity contribution in [1.29, 1.82) is 0 Å². The molecule has 0 saturated heterocycles. The zero-order chi connectivity index (χ0) is 17.1. The molecule has 7 nitrogen and oxygen atoms in total. The summed E-state index contributed by atoms with van der Waals surface area (Å²) in [6.07, 6.45) is 1.77. The number of carbonyl (C=O) groups excluding carboxylic acids is 3. The molecule has 0 spiro atoms. The third kappa shape index (κ3) is 7.42. The SMILES string of the molecule is CCCCNC(=O)NC(=O)COC(=O)c1cccc(COC)c1. The van der Waals surface area contributed by atoms with Gasteiger partial charge in [-0.05, 0) is 24.1 Å². The zero-order valence-corrected chi connectivity index (χ0v) is 13.4. The standard InChI is InChI=1S/C16H22N2O5/c1-3-4-8-17-16(21)18-14(19)11-23-15(20)13-7-5-6-12(9-13)10-22-2/h5-7,9H,3-4,8,10-11H2,1-2H3,(H2,17,18,19,21). The summed E-state index contributed by atoms with van der Waals surface area (Å²) in [5, 5.41) is 4.62. The van der Waals surface area contributed by atoms with E-state index in [1.807, 2.05) is 13.0 Å². The molecule has 0 bridgehead atoms. The maximum Gasteiger partial charge on any atom is 0.338 e. The van der Waals surface area contributed by atoms with E-state index in [-0.39, 0.29) is 0 Å². The molecule has 0 aliphatic carbocycles. The molecule has 0 unspecified atom stereocenters. The minimum Gasteiger partial charge on any atom is -0.452 e. The van der Waals surface area contributed by atoms with E-state index in [1.54, 1.807) is 25.3 Å². The fraction of sp³-hybridized carbons (Fsp3) is 0.438. The van der Waals surface area contributed by atoms with Crippen LogP contribution in [0.1, 0.15) is 35.7 Å². The van der Waals surface area contributed by atoms with E-state index in [1.165, 1.54) is 0 Å². The molecule has 3 amide bonds. The van der Waals surface area contributed by atoms with Gasteiger partial charge in [-0.3, -0.25) is 10.1 Å². The fourth-order valence-corrected chi connectivity index (χ4v) is 1.75. The number of imide groups is 1. The molecule has 2 N–H and O–H groups in total. The highest BCUT2D eigenvalue weighted by Gasteiger charge is 2.12. The van der Waals surface area contributed by atoms with Crippen LogP contribution in [0.5, 0.6) is 0 Å². The molecule has 0 aliphatic rings. The van der Waals surface area contributed by atoms with Gasteiger partial charge in [-0.2, -0.15) is 0 Å². The molecule has 7 heteroatoms. The normalized spacial score (nSPS) is 10.0. The van der Waals surface area contributed by atoms with Gasteiger partial charge in [0.25, 0.3) is 5.91 Å². The van der Waals surface area contributed by atoms with Crippen molar-refractivity contribution >= 4 is 17.9 Å². The van der Waals surface area contributed by atoms with E-state index in [0.29, 0.717) is 18.7 Å². The first-order valence-corrected chi connectivity index (χ1v) is 7.39. The number of methoxy groups -OCH3 is 1. The van der Waals surface area contributed by atoms with Crippen molar-refractivity contribution in [3.63, 3.8) is 0 Å². The first-order valence-electron chi connectivity index (χ1n) is 7.39. The van der Waals surface area contributed by atoms with Crippen LogP contribution in [0.3, 0.4) is 0 Å². The van der Waals surface area contributed by atoms with Crippen LogP contribution in [0.15, 0.2) is 24.3 Å². The van der Waals surface area contributed by atoms with Gasteiger partial charge in [-0.1, -0.05) is 25.5 Å². The van der Waals surface area contributed by atoms with E-state index in [4.69, 9.17) is 9.47 Å². The number of hydrogen-bond acceptors (Lipinski definition) is 5. The number of hydrogen-bond donors (Lipinski definition) is 2. The third-order valence-electron chi connectivity index (χ3n) is 2.88. The number of amides is 3. The molecule has 0 saturated carbocycles. The third-order valence-corrected chi connectivity index (χ3v) is 2.88. The van der Waals surface area contributed by atoms with Gasteiger partial charge in [0.15, 0.2) is 6.61 Å². The van der Waals surface area contributed by atoms with Crippen molar-refractivity contribution in [2.45, 2.75) is 26.4 Å². The van der Waals surface area contributed by atoms with Gasteiger partial charge in [0.05, 0.1) is 12.2 Å². The summed E-state index contributed by atoms with van der Waals surface area (Å²) in [4.78, 5) is 34.7. The summed E-state index contributed by atoms with van der Waals surface area (Å²) < 4.78 is 9.86. The molecule has 0 aromatic heterocycles. The summed E-state index contributed by atoms with van der Waals surface area (Å²) in [6.45, 7) is 2.33. The highest BCUT2D eigenvalue weighted by atomic mass is 16.5. The smallest absolute Gasteiger partial charge is 0.338 e. The van der Waals surface area contributed by atoms with E-state index in [2.05, 4.69) is 10.6 Å². The summed E-state index contributed by atoms with van der Waals surface area (Å²) >= 11 is 0. The van der Waals surface area contributed by atoms with E-state index >= 15 is 0 Å². The molecule has 0 heterocycles. The summed E-state index contributed by atoms with van der Waals surface area (Å²) in [7, 11) is 1.56. The predicted octanol–water partition coefficient (Wildman–Crippen LogP) is 1.62. The Balaban J connectivity index is 2.39. The largest absolute Gasteiger partial charge is 0.452 e. The van der Waals surface area contributed by atoms with Crippen LogP contribution in [-0.4, -0.2) is 38.2 Å². The Labute approximate surface area is 135 Å². The number of esters is 1. The van der Waals surface area contributed by atoms with Crippen LogP contribution in [-0.2, 0) is 20.9 Å². The number of benzene rings is 1. The van der Waals surface area contributed by atoms with Gasteiger partial charge in [-0.25, -0.2) is 9.59 Å². The molecule has 1 aromatic rings. The first kappa shape index (κ1) is 18.6. The van der Waals surface area contributed by atoms with Gasteiger partial charge in [0.2, 0.25) is 0 Å². The average Bonchev–Trinajstić information content (AvgIpc) is 2.53. The average molecular weight is 322 g/mol. The lowest BCUT2D eigenvalue weighted by atomic mass is 10.1. The van der Waals surface area contributed by atoms with Crippen molar-refractivity contribution in [2.24, 2.45) is 0 Å². The Kier molecular flexibility index (Phi) is 8.38. The summed E-state index contributed by atoms with van der Waals surface area (Å²) in [5.41, 5.74) is 1.14. The number of unbranched alkanes of at least 4 members (excludes halogenated alkanes) is 1. The van der Waals surface area contributed by atoms with Crippen molar-refractivity contribution in [3.05, 3.63) is 35.4 Å². The Bertz CT molecular complexity index is 545. The molecule has 0 fully saturated rings. The molecule has 1 aromatic carbocycles. The molecular weight excluding hydrogens is 300 g/mol. The molecule has 0 radical (unpaired) electrons. The van der Waals surface area contributed by atoms with Gasteiger partial charge in [0.1, 0.15) is 0 Å². The minimum absolute atomic E-state index is 0.319. The number of urea groups is 1. The van der Waals surface area contributed by atoms with Crippen LogP contribution in [0.4, 0.5) is 4.79 Å². The lowest BCUT2D eigenvalue weighted by molar-refractivity contribution is -0.123. The Morgan fingerprint density at radius 2 is 2.00 bits per heavy atom. The topological polar surface area (TPSA) is 93.7 Å². The Hall–Kier alpha value is -2.41. The zero-order valence-electron chi connectivity index (χ0n) is 13.4. The number of carbonyl (C=O) groups is 3. The van der Waals surface area contributed by atoms with Crippen LogP contribution in [0.25, 0.3) is 0 Å². The Morgan fingerprint density at radius 3 is 2.70 bits per heavy atom. The quantitative estimate of drug-likeness (QED) is 0.560. The predicted molar refractivity (Wildman–Crippen MR) is 83.9 cm³/mol. The minimum atomic E-state index is -0.680. The van der Waals surface area contributed by atoms with Crippen LogP contribution in [0.2, 0.25) is 0 Å². The second kappa shape index (κ2) is 10.3. The lowest BCUT2D eigenvalue weighted by Crippen LogP contribution is -2.41. The van der Waals surface area contributed by atoms with Crippen LogP contribution in [0, 0.1) is 0 Å². The van der Waals surface area contributed by atoms with E-state index < -0.39 is 24.5 Å². The Morgan fingerprint density at radius 1 is 1.22 bits per heavy atom. The molecule has 0 atom stereocenters. The van der Waals surface area contributed by atoms with Gasteiger partial charge in [-0.15, -0.1) is 0 Å². The highest BCUT2D eigenvalue weighted by Crippen LogP contribution is 2.07. The summed E-state index contributed by atoms with van der Waals surface area (Å²) in [5.74, 6) is -1.31. The molecule has 23 heavy (non-hydrogen) atoms. The lowest BCUT2D eigenvalue weighted by Gasteiger charge is -2.08. The van der Waals surface area contributed by atoms with Crippen LogP contribution < -0.4 is 10.6 Å². The van der Waals surface area contributed by atoms with Gasteiger partial charge in [0, 0.05) is 13.7 Å². The van der Waals surface area contributed by atoms with Crippen molar-refractivity contribution in [2.75, 3.05) is 20.3 Å². The maximum atomic E-state index is 11.9. The highest BCUT2D eigenvalue weighted by molar-refractivity contribution is 5.97. The maximum absolute atomic E-state index is 11.9. The monoisotopic (exact) mass is 322 g/mol. The van der Waals surface area contributed by atoms with Gasteiger partial charge < -0.3 is 14.8 Å². The number of rotatable bonds is 8. The first-order chi connectivity index (χ1) is 11.1. The molecule has 0 aliphatic heterocycles. The van der Waals surface area contributed by atoms with E-state index in [9.17, 15) is 14.4 Å². The van der Waals surface area contributed by atoms with Crippen molar-refractivity contribution in [3.8, 4) is 0 Å². The van der Waals surface area contributed by atoms with Crippen molar-refractivity contribution in [1.82, 2.24) is 10.6 Å². The summed E-state index contributed by atoms with van der Waals surface area (Å²) in [6, 6.07) is 6.12.